The summed E-state index contributed by atoms with van der Waals surface area (Å²) in [5, 5.41) is 11.7. The number of hydrogen-bond acceptors (Lipinski definition) is 3. The predicted molar refractivity (Wildman–Crippen MR) is 72.8 cm³/mol. The quantitative estimate of drug-likeness (QED) is 0.898. The maximum absolute atomic E-state index is 4.17. The summed E-state index contributed by atoms with van der Waals surface area (Å²) in [5.74, 6) is 0. The van der Waals surface area contributed by atoms with E-state index in [0.29, 0.717) is 6.04 Å². The van der Waals surface area contributed by atoms with Gasteiger partial charge >= 0.3 is 0 Å². The fourth-order valence-corrected chi connectivity index (χ4v) is 1.90. The number of benzene rings is 1. The average Bonchev–Trinajstić information content (AvgIpc) is 2.73. The van der Waals surface area contributed by atoms with Gasteiger partial charge in [-0.1, -0.05) is 25.1 Å². The van der Waals surface area contributed by atoms with E-state index in [9.17, 15) is 0 Å². The summed E-state index contributed by atoms with van der Waals surface area (Å²) in [4.78, 5) is 0. The van der Waals surface area contributed by atoms with Crippen LogP contribution in [0.3, 0.4) is 0 Å². The van der Waals surface area contributed by atoms with E-state index < -0.39 is 0 Å². The van der Waals surface area contributed by atoms with Crippen molar-refractivity contribution in [1.29, 1.82) is 0 Å². The molecule has 2 rings (SSSR count). The summed E-state index contributed by atoms with van der Waals surface area (Å²) < 4.78 is 1.83. The largest absolute Gasteiger partial charge is 0.309 e. The van der Waals surface area contributed by atoms with Crippen molar-refractivity contribution in [2.45, 2.75) is 40.3 Å². The van der Waals surface area contributed by atoms with E-state index in [1.807, 2.05) is 10.9 Å². The third kappa shape index (κ3) is 3.17. The molecule has 96 valence electrons. The summed E-state index contributed by atoms with van der Waals surface area (Å²) in [6.45, 7) is 9.18. The number of nitrogens with zero attached hydrogens (tertiary/aromatic N) is 3. The molecule has 0 amide bonds. The Morgan fingerprint density at radius 2 is 1.83 bits per heavy atom. The predicted octanol–water partition coefficient (Wildman–Crippen LogP) is 2.38. The van der Waals surface area contributed by atoms with Crippen LogP contribution >= 0.6 is 0 Å². The summed E-state index contributed by atoms with van der Waals surface area (Å²) in [7, 11) is 0. The van der Waals surface area contributed by atoms with Gasteiger partial charge in [0.25, 0.3) is 0 Å². The van der Waals surface area contributed by atoms with Gasteiger partial charge in [-0.2, -0.15) is 0 Å². The Bertz CT molecular complexity index is 508. The highest BCUT2D eigenvalue weighted by molar-refractivity contribution is 5.38. The summed E-state index contributed by atoms with van der Waals surface area (Å²) >= 11 is 0. The molecule has 1 aromatic carbocycles. The minimum absolute atomic E-state index is 0.455. The lowest BCUT2D eigenvalue weighted by atomic mass is 10.1. The molecule has 0 aliphatic carbocycles. The molecule has 0 aliphatic heterocycles. The van der Waals surface area contributed by atoms with E-state index in [1.54, 1.807) is 0 Å². The molecule has 0 aliphatic rings. The summed E-state index contributed by atoms with van der Waals surface area (Å²) in [5.41, 5.74) is 4.50. The van der Waals surface area contributed by atoms with Gasteiger partial charge in [0.15, 0.2) is 0 Å². The summed E-state index contributed by atoms with van der Waals surface area (Å²) in [6, 6.07) is 6.83. The molecule has 1 aromatic heterocycles. The molecule has 1 N–H and O–H groups in total. The van der Waals surface area contributed by atoms with Crippen molar-refractivity contribution in [2.75, 3.05) is 0 Å². The number of hydrogen-bond donors (Lipinski definition) is 1. The first-order chi connectivity index (χ1) is 8.54. The van der Waals surface area contributed by atoms with Crippen molar-refractivity contribution in [1.82, 2.24) is 20.3 Å². The zero-order valence-electron chi connectivity index (χ0n) is 11.4. The molecule has 0 bridgehead atoms. The highest BCUT2D eigenvalue weighted by Crippen LogP contribution is 2.12. The second-order valence-corrected chi connectivity index (χ2v) is 5.04. The minimum Gasteiger partial charge on any atom is -0.309 e. The molecular formula is C14H20N4. The average molecular weight is 244 g/mol. The Balaban J connectivity index is 2.18. The van der Waals surface area contributed by atoms with Crippen LogP contribution in [0.1, 0.15) is 30.7 Å². The van der Waals surface area contributed by atoms with Crippen LogP contribution in [0.2, 0.25) is 0 Å². The Hall–Kier alpha value is -1.68. The first-order valence-electron chi connectivity index (χ1n) is 6.28. The van der Waals surface area contributed by atoms with Crippen molar-refractivity contribution >= 4 is 0 Å². The van der Waals surface area contributed by atoms with Gasteiger partial charge in [-0.05, 0) is 37.1 Å². The SMILES string of the molecule is Cc1cc(C)cc(-n2cc(CNC(C)C)nn2)c1. The van der Waals surface area contributed by atoms with Crippen LogP contribution in [0.25, 0.3) is 5.69 Å². The van der Waals surface area contributed by atoms with Gasteiger partial charge in [0.1, 0.15) is 0 Å². The molecule has 0 saturated carbocycles. The standard InChI is InChI=1S/C14H20N4/c1-10(2)15-8-13-9-18(17-16-13)14-6-11(3)5-12(4)7-14/h5-7,9-10,15H,8H2,1-4H3. The van der Waals surface area contributed by atoms with Crippen LogP contribution in [0.15, 0.2) is 24.4 Å². The zero-order valence-corrected chi connectivity index (χ0v) is 11.4. The lowest BCUT2D eigenvalue weighted by molar-refractivity contribution is 0.580. The maximum Gasteiger partial charge on any atom is 0.0969 e. The lowest BCUT2D eigenvalue weighted by Gasteiger charge is -2.05. The van der Waals surface area contributed by atoms with E-state index in [-0.39, 0.29) is 0 Å². The van der Waals surface area contributed by atoms with Crippen LogP contribution in [-0.4, -0.2) is 21.0 Å². The monoisotopic (exact) mass is 244 g/mol. The molecule has 0 saturated heterocycles. The van der Waals surface area contributed by atoms with Crippen LogP contribution in [0.5, 0.6) is 0 Å². The Labute approximate surface area is 108 Å². The maximum atomic E-state index is 4.17. The lowest BCUT2D eigenvalue weighted by Crippen LogP contribution is -2.21. The van der Waals surface area contributed by atoms with E-state index in [2.05, 4.69) is 61.5 Å². The molecule has 0 radical (unpaired) electrons. The van der Waals surface area contributed by atoms with E-state index in [4.69, 9.17) is 0 Å². The molecule has 0 unspecified atom stereocenters. The van der Waals surface area contributed by atoms with Crippen LogP contribution in [-0.2, 0) is 6.54 Å². The normalized spacial score (nSPS) is 11.2. The van der Waals surface area contributed by atoms with Gasteiger partial charge in [-0.3, -0.25) is 0 Å². The molecule has 1 heterocycles. The minimum atomic E-state index is 0.455. The van der Waals surface area contributed by atoms with Gasteiger partial charge in [-0.25, -0.2) is 4.68 Å². The molecular weight excluding hydrogens is 224 g/mol. The van der Waals surface area contributed by atoms with Crippen LogP contribution in [0.4, 0.5) is 0 Å². The van der Waals surface area contributed by atoms with Crippen LogP contribution in [0, 0.1) is 13.8 Å². The zero-order chi connectivity index (χ0) is 13.1. The topological polar surface area (TPSA) is 42.7 Å². The number of nitrogens with one attached hydrogen (secondary N) is 1. The van der Waals surface area contributed by atoms with E-state index in [0.717, 1.165) is 17.9 Å². The van der Waals surface area contributed by atoms with Gasteiger partial charge < -0.3 is 5.32 Å². The number of aromatic nitrogens is 3. The van der Waals surface area contributed by atoms with Gasteiger partial charge in [0, 0.05) is 12.6 Å². The van der Waals surface area contributed by atoms with E-state index >= 15 is 0 Å². The third-order valence-corrected chi connectivity index (χ3v) is 2.70. The smallest absolute Gasteiger partial charge is 0.0969 e. The number of aryl methyl sites for hydroxylation is 2. The second-order valence-electron chi connectivity index (χ2n) is 5.04. The van der Waals surface area contributed by atoms with E-state index in [1.165, 1.54) is 11.1 Å². The Morgan fingerprint density at radius 3 is 2.44 bits per heavy atom. The van der Waals surface area contributed by atoms with Gasteiger partial charge in [0.05, 0.1) is 17.6 Å². The summed E-state index contributed by atoms with van der Waals surface area (Å²) in [6.07, 6.45) is 1.98. The highest BCUT2D eigenvalue weighted by Gasteiger charge is 2.04. The van der Waals surface area contributed by atoms with Crippen molar-refractivity contribution in [3.63, 3.8) is 0 Å². The van der Waals surface area contributed by atoms with Gasteiger partial charge in [0.2, 0.25) is 0 Å². The molecule has 0 fully saturated rings. The first-order valence-corrected chi connectivity index (χ1v) is 6.28. The Kier molecular flexibility index (Phi) is 3.77. The van der Waals surface area contributed by atoms with Crippen molar-refractivity contribution in [2.24, 2.45) is 0 Å². The van der Waals surface area contributed by atoms with Gasteiger partial charge in [-0.15, -0.1) is 5.10 Å². The molecule has 2 aromatic rings. The molecule has 0 spiro atoms. The molecule has 18 heavy (non-hydrogen) atoms. The fourth-order valence-electron chi connectivity index (χ4n) is 1.90. The third-order valence-electron chi connectivity index (χ3n) is 2.70. The fraction of sp³-hybridized carbons (Fsp3) is 0.429. The van der Waals surface area contributed by atoms with Crippen LogP contribution < -0.4 is 5.32 Å². The highest BCUT2D eigenvalue weighted by atomic mass is 15.4. The first kappa shape index (κ1) is 12.8. The number of rotatable bonds is 4. The molecule has 4 nitrogen and oxygen atoms in total. The molecule has 4 heteroatoms. The second kappa shape index (κ2) is 5.31. The van der Waals surface area contributed by atoms with Crippen molar-refractivity contribution in [3.8, 4) is 5.69 Å². The Morgan fingerprint density at radius 1 is 1.17 bits per heavy atom. The van der Waals surface area contributed by atoms with Crippen molar-refractivity contribution < 1.29 is 0 Å². The van der Waals surface area contributed by atoms with Crippen molar-refractivity contribution in [3.05, 3.63) is 41.2 Å². The molecule has 0 atom stereocenters.